The molecule has 0 saturated heterocycles. The third-order valence-electron chi connectivity index (χ3n) is 2.83. The summed E-state index contributed by atoms with van der Waals surface area (Å²) < 4.78 is 12.0. The number of pyridine rings is 1. The van der Waals surface area contributed by atoms with Gasteiger partial charge in [-0.25, -0.2) is 0 Å². The van der Waals surface area contributed by atoms with Gasteiger partial charge in [-0.15, -0.1) is 0 Å². The first kappa shape index (κ1) is 14.8. The molecule has 0 spiro atoms. The molecule has 0 unspecified atom stereocenters. The number of nitrogens with zero attached hydrogens (tertiary/aromatic N) is 1. The third-order valence-corrected chi connectivity index (χ3v) is 3.33. The van der Waals surface area contributed by atoms with Crippen LogP contribution >= 0.6 is 15.9 Å². The van der Waals surface area contributed by atoms with Gasteiger partial charge >= 0.3 is 0 Å². The summed E-state index contributed by atoms with van der Waals surface area (Å²) in [5.41, 5.74) is 8.41. The highest BCUT2D eigenvalue weighted by Crippen LogP contribution is 2.24. The summed E-state index contributed by atoms with van der Waals surface area (Å²) in [5.74, 6) is 1.56. The first-order valence-corrected chi connectivity index (χ1v) is 7.04. The SMILES string of the molecule is COc1cc(C)nc(COc2ccc(Br)cc2CN)c1. The Bertz CT molecular complexity index is 602. The van der Waals surface area contributed by atoms with Crippen LogP contribution in [0.2, 0.25) is 0 Å². The number of methoxy groups -OCH3 is 1. The number of hydrogen-bond acceptors (Lipinski definition) is 4. The van der Waals surface area contributed by atoms with Crippen LogP contribution in [0.4, 0.5) is 0 Å². The molecule has 0 aliphatic heterocycles. The maximum absolute atomic E-state index is 5.80. The Kier molecular flexibility index (Phi) is 4.98. The highest BCUT2D eigenvalue weighted by Gasteiger charge is 2.06. The van der Waals surface area contributed by atoms with E-state index in [9.17, 15) is 0 Å². The molecule has 5 heteroatoms. The Labute approximate surface area is 127 Å². The fourth-order valence-electron chi connectivity index (χ4n) is 1.89. The molecule has 0 saturated carbocycles. The van der Waals surface area contributed by atoms with E-state index in [1.54, 1.807) is 7.11 Å². The van der Waals surface area contributed by atoms with Crippen molar-refractivity contribution in [3.63, 3.8) is 0 Å². The molecule has 0 fully saturated rings. The van der Waals surface area contributed by atoms with Crippen LogP contribution in [0, 0.1) is 6.92 Å². The summed E-state index contributed by atoms with van der Waals surface area (Å²) >= 11 is 3.42. The zero-order valence-electron chi connectivity index (χ0n) is 11.5. The lowest BCUT2D eigenvalue weighted by Gasteiger charge is -2.11. The average Bonchev–Trinajstić information content (AvgIpc) is 2.45. The Hall–Kier alpha value is -1.59. The first-order valence-electron chi connectivity index (χ1n) is 6.25. The molecule has 0 radical (unpaired) electrons. The van der Waals surface area contributed by atoms with Crippen molar-refractivity contribution in [2.75, 3.05) is 7.11 Å². The van der Waals surface area contributed by atoms with Crippen molar-refractivity contribution < 1.29 is 9.47 Å². The molecule has 0 aliphatic rings. The molecule has 0 aliphatic carbocycles. The number of benzene rings is 1. The molecule has 1 heterocycles. The molecular formula is C15H17BrN2O2. The van der Waals surface area contributed by atoms with Crippen molar-refractivity contribution in [2.24, 2.45) is 5.73 Å². The minimum Gasteiger partial charge on any atom is -0.497 e. The van der Waals surface area contributed by atoms with Crippen molar-refractivity contribution in [2.45, 2.75) is 20.1 Å². The number of aryl methyl sites for hydroxylation is 1. The number of nitrogens with two attached hydrogens (primary N) is 1. The summed E-state index contributed by atoms with van der Waals surface area (Å²) in [6.45, 7) is 2.74. The molecule has 0 bridgehead atoms. The topological polar surface area (TPSA) is 57.4 Å². The maximum Gasteiger partial charge on any atom is 0.130 e. The molecule has 106 valence electrons. The second-order valence-corrected chi connectivity index (χ2v) is 5.30. The lowest BCUT2D eigenvalue weighted by Crippen LogP contribution is -2.04. The number of hydrogen-bond donors (Lipinski definition) is 1. The number of halogens is 1. The molecular weight excluding hydrogens is 320 g/mol. The lowest BCUT2D eigenvalue weighted by molar-refractivity contribution is 0.296. The minimum absolute atomic E-state index is 0.382. The summed E-state index contributed by atoms with van der Waals surface area (Å²) in [6.07, 6.45) is 0. The van der Waals surface area contributed by atoms with Crippen LogP contribution in [0.25, 0.3) is 0 Å². The molecule has 0 atom stereocenters. The van der Waals surface area contributed by atoms with E-state index in [4.69, 9.17) is 15.2 Å². The molecule has 2 N–H and O–H groups in total. The van der Waals surface area contributed by atoms with E-state index in [2.05, 4.69) is 20.9 Å². The normalized spacial score (nSPS) is 10.4. The van der Waals surface area contributed by atoms with Gasteiger partial charge in [0, 0.05) is 34.4 Å². The highest BCUT2D eigenvalue weighted by atomic mass is 79.9. The van der Waals surface area contributed by atoms with Gasteiger partial charge < -0.3 is 15.2 Å². The minimum atomic E-state index is 0.382. The molecule has 1 aromatic heterocycles. The van der Waals surface area contributed by atoms with E-state index in [0.717, 1.165) is 32.9 Å². The van der Waals surface area contributed by atoms with E-state index < -0.39 is 0 Å². The van der Waals surface area contributed by atoms with Crippen LogP contribution in [0.1, 0.15) is 17.0 Å². The summed E-state index contributed by atoms with van der Waals surface area (Å²) in [4.78, 5) is 4.42. The van der Waals surface area contributed by atoms with Gasteiger partial charge in [0.1, 0.15) is 18.1 Å². The summed E-state index contributed by atoms with van der Waals surface area (Å²) in [6, 6.07) is 9.54. The number of aromatic nitrogens is 1. The van der Waals surface area contributed by atoms with Crippen LogP contribution < -0.4 is 15.2 Å². The predicted octanol–water partition coefficient (Wildman–Crippen LogP) is 3.20. The lowest BCUT2D eigenvalue weighted by atomic mass is 10.2. The van der Waals surface area contributed by atoms with E-state index >= 15 is 0 Å². The smallest absolute Gasteiger partial charge is 0.130 e. The zero-order valence-corrected chi connectivity index (χ0v) is 13.1. The molecule has 2 aromatic rings. The van der Waals surface area contributed by atoms with Crippen LogP contribution in [-0.4, -0.2) is 12.1 Å². The molecule has 4 nitrogen and oxygen atoms in total. The second kappa shape index (κ2) is 6.72. The van der Waals surface area contributed by atoms with E-state index in [1.165, 1.54) is 0 Å². The van der Waals surface area contributed by atoms with Gasteiger partial charge in [0.05, 0.1) is 12.8 Å². The van der Waals surface area contributed by atoms with Crippen molar-refractivity contribution >= 4 is 15.9 Å². The number of ether oxygens (including phenoxy) is 2. The van der Waals surface area contributed by atoms with Crippen LogP contribution in [0.3, 0.4) is 0 Å². The van der Waals surface area contributed by atoms with Crippen molar-refractivity contribution in [1.82, 2.24) is 4.98 Å². The monoisotopic (exact) mass is 336 g/mol. The van der Waals surface area contributed by atoms with Crippen LogP contribution in [0.5, 0.6) is 11.5 Å². The van der Waals surface area contributed by atoms with Crippen molar-refractivity contribution in [3.05, 3.63) is 51.8 Å². The van der Waals surface area contributed by atoms with E-state index in [0.29, 0.717) is 13.2 Å². The highest BCUT2D eigenvalue weighted by molar-refractivity contribution is 9.10. The van der Waals surface area contributed by atoms with E-state index in [-0.39, 0.29) is 0 Å². The van der Waals surface area contributed by atoms with E-state index in [1.807, 2.05) is 37.3 Å². The second-order valence-electron chi connectivity index (χ2n) is 4.38. The Morgan fingerprint density at radius 1 is 1.25 bits per heavy atom. The molecule has 1 aromatic carbocycles. The molecule has 2 rings (SSSR count). The van der Waals surface area contributed by atoms with Gasteiger partial charge in [-0.3, -0.25) is 4.98 Å². The quantitative estimate of drug-likeness (QED) is 0.910. The fourth-order valence-corrected chi connectivity index (χ4v) is 2.30. The first-order chi connectivity index (χ1) is 9.62. The van der Waals surface area contributed by atoms with Crippen LogP contribution in [-0.2, 0) is 13.2 Å². The standard InChI is InChI=1S/C15H17BrN2O2/c1-10-5-14(19-2)7-13(18-10)9-20-15-4-3-12(16)6-11(15)8-17/h3-7H,8-9,17H2,1-2H3. The van der Waals surface area contributed by atoms with Crippen LogP contribution in [0.15, 0.2) is 34.8 Å². The van der Waals surface area contributed by atoms with Crippen molar-refractivity contribution in [1.29, 1.82) is 0 Å². The predicted molar refractivity (Wildman–Crippen MR) is 81.9 cm³/mol. The summed E-state index contributed by atoms with van der Waals surface area (Å²) in [5, 5.41) is 0. The summed E-state index contributed by atoms with van der Waals surface area (Å²) in [7, 11) is 1.64. The van der Waals surface area contributed by atoms with Gasteiger partial charge in [-0.2, -0.15) is 0 Å². The molecule has 0 amide bonds. The van der Waals surface area contributed by atoms with Gasteiger partial charge in [0.15, 0.2) is 0 Å². The third kappa shape index (κ3) is 3.71. The number of rotatable bonds is 5. The van der Waals surface area contributed by atoms with Gasteiger partial charge in [0.25, 0.3) is 0 Å². The van der Waals surface area contributed by atoms with Gasteiger partial charge in [-0.1, -0.05) is 15.9 Å². The Morgan fingerprint density at radius 3 is 2.75 bits per heavy atom. The largest absolute Gasteiger partial charge is 0.497 e. The Balaban J connectivity index is 2.14. The molecule has 20 heavy (non-hydrogen) atoms. The van der Waals surface area contributed by atoms with Gasteiger partial charge in [-0.05, 0) is 25.1 Å². The van der Waals surface area contributed by atoms with Gasteiger partial charge in [0.2, 0.25) is 0 Å². The Morgan fingerprint density at radius 2 is 2.05 bits per heavy atom. The van der Waals surface area contributed by atoms with Crippen molar-refractivity contribution in [3.8, 4) is 11.5 Å². The average molecular weight is 337 g/mol. The fraction of sp³-hybridized carbons (Fsp3) is 0.267. The zero-order chi connectivity index (χ0) is 14.5. The maximum atomic E-state index is 5.80.